The fourth-order valence-electron chi connectivity index (χ4n) is 2.58. The van der Waals surface area contributed by atoms with E-state index >= 15 is 0 Å². The lowest BCUT2D eigenvalue weighted by molar-refractivity contribution is 0.0694. The highest BCUT2D eigenvalue weighted by Crippen LogP contribution is 2.28. The van der Waals surface area contributed by atoms with Gasteiger partial charge >= 0.3 is 5.97 Å². The van der Waals surface area contributed by atoms with Crippen molar-refractivity contribution in [2.24, 2.45) is 0 Å². The van der Waals surface area contributed by atoms with Crippen molar-refractivity contribution in [1.29, 1.82) is 0 Å². The van der Waals surface area contributed by atoms with E-state index in [0.29, 0.717) is 0 Å². The predicted molar refractivity (Wildman–Crippen MR) is 80.9 cm³/mol. The number of carbonyl (C=O) groups is 1. The first-order chi connectivity index (χ1) is 9.65. The summed E-state index contributed by atoms with van der Waals surface area (Å²) in [5.41, 5.74) is 1.32. The first kappa shape index (κ1) is 13.3. The van der Waals surface area contributed by atoms with Gasteiger partial charge in [0.25, 0.3) is 0 Å². The zero-order chi connectivity index (χ0) is 14.1. The highest BCUT2D eigenvalue weighted by atomic mass is 32.1. The van der Waals surface area contributed by atoms with Crippen molar-refractivity contribution in [1.82, 2.24) is 9.27 Å². The highest BCUT2D eigenvalue weighted by molar-refractivity contribution is 7.13. The molecule has 1 aliphatic rings. The minimum absolute atomic E-state index is 0.159. The minimum Gasteiger partial charge on any atom is -0.476 e. The van der Waals surface area contributed by atoms with E-state index in [-0.39, 0.29) is 5.69 Å². The van der Waals surface area contributed by atoms with E-state index in [2.05, 4.69) is 27.3 Å². The Kier molecular flexibility index (Phi) is 3.58. The number of hydrogen-bond acceptors (Lipinski definition) is 5. The number of aromatic carboxylic acids is 1. The lowest BCUT2D eigenvalue weighted by Crippen LogP contribution is -2.28. The normalized spacial score (nSPS) is 17.4. The molecule has 0 amide bonds. The molecule has 20 heavy (non-hydrogen) atoms. The van der Waals surface area contributed by atoms with Gasteiger partial charge in [0.05, 0.1) is 4.70 Å². The van der Waals surface area contributed by atoms with Crippen molar-refractivity contribution in [3.05, 3.63) is 23.9 Å². The number of aromatic nitrogens is 1. The molecule has 0 aliphatic carbocycles. The number of hydrogen-bond donors (Lipinski definition) is 1. The number of carboxylic acid groups (broad SMARTS) is 1. The van der Waals surface area contributed by atoms with Gasteiger partial charge in [-0.2, -0.15) is 4.37 Å². The van der Waals surface area contributed by atoms with Gasteiger partial charge in [0.2, 0.25) is 0 Å². The summed E-state index contributed by atoms with van der Waals surface area (Å²) >= 11 is 1.26. The van der Waals surface area contributed by atoms with Crippen molar-refractivity contribution in [3.63, 3.8) is 0 Å². The second-order valence-corrected chi connectivity index (χ2v) is 5.97. The molecule has 0 bridgehead atoms. The smallest absolute Gasteiger partial charge is 0.356 e. The maximum absolute atomic E-state index is 11.1. The standard InChI is InChI=1S/C14H17N3O2S/c1-16-5-2-6-17(8-7-16)10-3-4-11-12(9-10)20-15-13(11)14(18)19/h3-4,9H,2,5-8H2,1H3,(H,18,19). The summed E-state index contributed by atoms with van der Waals surface area (Å²) in [7, 11) is 2.15. The van der Waals surface area contributed by atoms with E-state index in [1.54, 1.807) is 0 Å². The fraction of sp³-hybridized carbons (Fsp3) is 0.429. The first-order valence-electron chi connectivity index (χ1n) is 6.71. The number of benzene rings is 1. The summed E-state index contributed by atoms with van der Waals surface area (Å²) in [5.74, 6) is -0.958. The van der Waals surface area contributed by atoms with Gasteiger partial charge < -0.3 is 14.9 Å². The van der Waals surface area contributed by atoms with E-state index < -0.39 is 5.97 Å². The van der Waals surface area contributed by atoms with Gasteiger partial charge in [0, 0.05) is 30.7 Å². The molecule has 0 radical (unpaired) electrons. The quantitative estimate of drug-likeness (QED) is 0.918. The molecule has 1 aromatic carbocycles. The van der Waals surface area contributed by atoms with Crippen molar-refractivity contribution < 1.29 is 9.90 Å². The first-order valence-corrected chi connectivity index (χ1v) is 7.49. The Morgan fingerprint density at radius 1 is 1.30 bits per heavy atom. The molecule has 1 fully saturated rings. The van der Waals surface area contributed by atoms with Crippen LogP contribution < -0.4 is 4.90 Å². The van der Waals surface area contributed by atoms with Crippen LogP contribution >= 0.6 is 11.5 Å². The maximum atomic E-state index is 11.1. The Labute approximate surface area is 121 Å². The third kappa shape index (κ3) is 2.48. The van der Waals surface area contributed by atoms with Crippen molar-refractivity contribution in [3.8, 4) is 0 Å². The molecule has 0 atom stereocenters. The van der Waals surface area contributed by atoms with Crippen LogP contribution in [0.4, 0.5) is 5.69 Å². The van der Waals surface area contributed by atoms with E-state index in [1.807, 2.05) is 12.1 Å². The van der Waals surface area contributed by atoms with Crippen LogP contribution in [0.3, 0.4) is 0 Å². The minimum atomic E-state index is -0.958. The zero-order valence-electron chi connectivity index (χ0n) is 11.4. The van der Waals surface area contributed by atoms with Crippen LogP contribution in [0.25, 0.3) is 10.1 Å². The number of fused-ring (bicyclic) bond motifs is 1. The Morgan fingerprint density at radius 3 is 2.95 bits per heavy atom. The van der Waals surface area contributed by atoms with Crippen LogP contribution in [0.15, 0.2) is 18.2 Å². The molecular formula is C14H17N3O2S. The van der Waals surface area contributed by atoms with Crippen molar-refractivity contribution in [2.45, 2.75) is 6.42 Å². The van der Waals surface area contributed by atoms with Gasteiger partial charge in [-0.25, -0.2) is 4.79 Å². The summed E-state index contributed by atoms with van der Waals surface area (Å²) < 4.78 is 4.97. The molecule has 1 saturated heterocycles. The molecular weight excluding hydrogens is 274 g/mol. The summed E-state index contributed by atoms with van der Waals surface area (Å²) in [4.78, 5) is 15.8. The molecule has 1 aromatic heterocycles. The monoisotopic (exact) mass is 291 g/mol. The SMILES string of the molecule is CN1CCCN(c2ccc3c(C(=O)O)nsc3c2)CC1. The molecule has 0 spiro atoms. The number of likely N-dealkylation sites (N-methyl/N-ethyl adjacent to an activating group) is 1. The summed E-state index contributed by atoms with van der Waals surface area (Å²) in [6.07, 6.45) is 1.15. The van der Waals surface area contributed by atoms with Gasteiger partial charge in [-0.05, 0) is 49.7 Å². The molecule has 5 nitrogen and oxygen atoms in total. The maximum Gasteiger partial charge on any atom is 0.356 e. The van der Waals surface area contributed by atoms with Gasteiger partial charge in [-0.3, -0.25) is 0 Å². The largest absolute Gasteiger partial charge is 0.476 e. The number of anilines is 1. The van der Waals surface area contributed by atoms with E-state index in [1.165, 1.54) is 11.5 Å². The van der Waals surface area contributed by atoms with Crippen LogP contribution in [0.1, 0.15) is 16.9 Å². The average Bonchev–Trinajstić information content (AvgIpc) is 2.73. The topological polar surface area (TPSA) is 56.7 Å². The highest BCUT2D eigenvalue weighted by Gasteiger charge is 2.16. The summed E-state index contributed by atoms with van der Waals surface area (Å²) in [5, 5.41) is 9.82. The van der Waals surface area contributed by atoms with E-state index in [9.17, 15) is 4.79 Å². The van der Waals surface area contributed by atoms with Crippen LogP contribution in [-0.2, 0) is 0 Å². The molecule has 3 rings (SSSR count). The lowest BCUT2D eigenvalue weighted by Gasteiger charge is -2.22. The summed E-state index contributed by atoms with van der Waals surface area (Å²) in [6.45, 7) is 4.23. The van der Waals surface area contributed by atoms with Crippen LogP contribution in [0.5, 0.6) is 0 Å². The van der Waals surface area contributed by atoms with E-state index in [4.69, 9.17) is 5.11 Å². The third-order valence-electron chi connectivity index (χ3n) is 3.74. The molecule has 106 valence electrons. The predicted octanol–water partition coefficient (Wildman–Crippen LogP) is 2.14. The zero-order valence-corrected chi connectivity index (χ0v) is 12.2. The van der Waals surface area contributed by atoms with Crippen LogP contribution in [0, 0.1) is 0 Å². The lowest BCUT2D eigenvalue weighted by atomic mass is 10.2. The molecule has 1 N–H and O–H groups in total. The Hall–Kier alpha value is -1.66. The second-order valence-electron chi connectivity index (χ2n) is 5.16. The van der Waals surface area contributed by atoms with Gasteiger partial charge in [-0.1, -0.05) is 0 Å². The Balaban J connectivity index is 1.91. The van der Waals surface area contributed by atoms with Gasteiger partial charge in [-0.15, -0.1) is 0 Å². The Morgan fingerprint density at radius 2 is 2.15 bits per heavy atom. The second kappa shape index (κ2) is 5.38. The number of rotatable bonds is 2. The van der Waals surface area contributed by atoms with Crippen molar-refractivity contribution >= 4 is 33.3 Å². The molecule has 2 aromatic rings. The molecule has 1 aliphatic heterocycles. The molecule has 6 heteroatoms. The molecule has 2 heterocycles. The molecule has 0 saturated carbocycles. The van der Waals surface area contributed by atoms with Crippen molar-refractivity contribution in [2.75, 3.05) is 38.1 Å². The fourth-order valence-corrected chi connectivity index (χ4v) is 3.38. The van der Waals surface area contributed by atoms with Crippen LogP contribution in [-0.4, -0.2) is 53.6 Å². The van der Waals surface area contributed by atoms with E-state index in [0.717, 1.165) is 48.4 Å². The third-order valence-corrected chi connectivity index (χ3v) is 4.55. The average molecular weight is 291 g/mol. The molecule has 0 unspecified atom stereocenters. The summed E-state index contributed by atoms with van der Waals surface area (Å²) in [6, 6.07) is 5.95. The van der Waals surface area contributed by atoms with Crippen LogP contribution in [0.2, 0.25) is 0 Å². The van der Waals surface area contributed by atoms with Gasteiger partial charge in [0.15, 0.2) is 5.69 Å². The Bertz CT molecular complexity index is 640. The number of carboxylic acids is 1. The van der Waals surface area contributed by atoms with Gasteiger partial charge in [0.1, 0.15) is 0 Å². The number of nitrogens with zero attached hydrogens (tertiary/aromatic N) is 3.